The third-order valence-electron chi connectivity index (χ3n) is 5.30. The molecule has 5 N–H and O–H groups in total. The zero-order chi connectivity index (χ0) is 18.0. The van der Waals surface area contributed by atoms with E-state index in [2.05, 4.69) is 51.7 Å². The SMILES string of the molecule is Nc1ccc2c(c1)c1c(c3ccccc32)N=C(c2c[nH]c3ncccc23)[NH2+]1. The van der Waals surface area contributed by atoms with Crippen LogP contribution in [-0.4, -0.2) is 15.8 Å². The molecule has 5 nitrogen and oxygen atoms in total. The topological polar surface area (TPSA) is 83.7 Å². The lowest BCUT2D eigenvalue weighted by molar-refractivity contribution is -0.435. The summed E-state index contributed by atoms with van der Waals surface area (Å²) in [6.45, 7) is 0. The van der Waals surface area contributed by atoms with E-state index in [9.17, 15) is 0 Å². The van der Waals surface area contributed by atoms with Crippen LogP contribution in [-0.2, 0) is 0 Å². The first-order valence-electron chi connectivity index (χ1n) is 8.89. The molecule has 5 aromatic rings. The maximum absolute atomic E-state index is 6.10. The fourth-order valence-corrected chi connectivity index (χ4v) is 4.08. The van der Waals surface area contributed by atoms with Crippen molar-refractivity contribution in [3.8, 4) is 0 Å². The van der Waals surface area contributed by atoms with Gasteiger partial charge in [-0.05, 0) is 35.0 Å². The Morgan fingerprint density at radius 3 is 2.59 bits per heavy atom. The van der Waals surface area contributed by atoms with Crippen LogP contribution in [0.25, 0.3) is 32.6 Å². The van der Waals surface area contributed by atoms with E-state index in [1.54, 1.807) is 6.20 Å². The van der Waals surface area contributed by atoms with Gasteiger partial charge < -0.3 is 10.7 Å². The zero-order valence-corrected chi connectivity index (χ0v) is 14.4. The van der Waals surface area contributed by atoms with Crippen molar-refractivity contribution in [2.75, 3.05) is 5.73 Å². The van der Waals surface area contributed by atoms with Gasteiger partial charge in [0.05, 0.1) is 5.56 Å². The lowest BCUT2D eigenvalue weighted by Gasteiger charge is -2.08. The Morgan fingerprint density at radius 1 is 0.852 bits per heavy atom. The second kappa shape index (κ2) is 5.16. The quantitative estimate of drug-likeness (QED) is 0.318. The number of rotatable bonds is 1. The summed E-state index contributed by atoms with van der Waals surface area (Å²) in [4.78, 5) is 12.7. The maximum atomic E-state index is 6.10. The number of quaternary nitrogens is 1. The Kier molecular flexibility index (Phi) is 2.76. The minimum Gasteiger partial charge on any atom is -0.399 e. The monoisotopic (exact) mass is 350 g/mol. The second-order valence-corrected chi connectivity index (χ2v) is 6.86. The van der Waals surface area contributed by atoms with E-state index in [0.717, 1.165) is 50.3 Å². The molecule has 0 atom stereocenters. The van der Waals surface area contributed by atoms with Crippen LogP contribution in [0.1, 0.15) is 5.56 Å². The van der Waals surface area contributed by atoms with Gasteiger partial charge in [-0.3, -0.25) is 5.32 Å². The molecule has 0 fully saturated rings. The Morgan fingerprint density at radius 2 is 1.67 bits per heavy atom. The number of H-pyrrole nitrogens is 1. The lowest BCUT2D eigenvalue weighted by Crippen LogP contribution is -2.80. The Labute approximate surface area is 154 Å². The molecule has 6 rings (SSSR count). The fourth-order valence-electron chi connectivity index (χ4n) is 4.08. The zero-order valence-electron chi connectivity index (χ0n) is 14.4. The van der Waals surface area contributed by atoms with Crippen molar-refractivity contribution in [2.45, 2.75) is 0 Å². The smallest absolute Gasteiger partial charge is 0.239 e. The van der Waals surface area contributed by atoms with Gasteiger partial charge in [-0.2, -0.15) is 4.99 Å². The summed E-state index contributed by atoms with van der Waals surface area (Å²) in [5.74, 6) is 0.948. The number of aromatic nitrogens is 2. The number of pyridine rings is 1. The van der Waals surface area contributed by atoms with Gasteiger partial charge in [0.2, 0.25) is 5.84 Å². The Balaban J connectivity index is 1.67. The predicted molar refractivity (Wildman–Crippen MR) is 110 cm³/mol. The van der Waals surface area contributed by atoms with Crippen molar-refractivity contribution >= 4 is 55.5 Å². The largest absolute Gasteiger partial charge is 0.399 e. The number of nitrogens with one attached hydrogen (secondary N) is 1. The highest BCUT2D eigenvalue weighted by atomic mass is 15.1. The summed E-state index contributed by atoms with van der Waals surface area (Å²) >= 11 is 0. The molecule has 3 aromatic carbocycles. The molecule has 128 valence electrons. The van der Waals surface area contributed by atoms with E-state index < -0.39 is 0 Å². The van der Waals surface area contributed by atoms with Gasteiger partial charge in [-0.15, -0.1) is 0 Å². The van der Waals surface area contributed by atoms with Gasteiger partial charge >= 0.3 is 0 Å². The van der Waals surface area contributed by atoms with Gasteiger partial charge in [0.25, 0.3) is 0 Å². The molecule has 5 heteroatoms. The number of hydrogen-bond acceptors (Lipinski definition) is 3. The highest BCUT2D eigenvalue weighted by Crippen LogP contribution is 2.42. The number of nitrogens with two attached hydrogens (primary N) is 2. The van der Waals surface area contributed by atoms with Crippen LogP contribution in [0.2, 0.25) is 0 Å². The van der Waals surface area contributed by atoms with Gasteiger partial charge in [0, 0.05) is 34.2 Å². The van der Waals surface area contributed by atoms with E-state index in [1.165, 1.54) is 10.8 Å². The molecule has 0 radical (unpaired) electrons. The molecule has 0 unspecified atom stereocenters. The van der Waals surface area contributed by atoms with Gasteiger partial charge in [0.15, 0.2) is 5.69 Å². The van der Waals surface area contributed by atoms with E-state index in [1.807, 2.05) is 24.4 Å². The number of hydrogen-bond donors (Lipinski definition) is 3. The normalized spacial score (nSPS) is 13.4. The molecule has 1 aliphatic heterocycles. The molecule has 0 spiro atoms. The van der Waals surface area contributed by atoms with Crippen molar-refractivity contribution in [3.63, 3.8) is 0 Å². The van der Waals surface area contributed by atoms with Gasteiger partial charge in [-0.25, -0.2) is 4.98 Å². The van der Waals surface area contributed by atoms with Crippen LogP contribution in [0.4, 0.5) is 17.1 Å². The van der Waals surface area contributed by atoms with Crippen LogP contribution < -0.4 is 11.1 Å². The highest BCUT2D eigenvalue weighted by Gasteiger charge is 2.28. The van der Waals surface area contributed by atoms with E-state index in [0.29, 0.717) is 0 Å². The Bertz CT molecular complexity index is 1410. The number of anilines is 1. The molecule has 0 saturated heterocycles. The lowest BCUT2D eigenvalue weighted by atomic mass is 9.98. The molecule has 0 bridgehead atoms. The molecule has 0 saturated carbocycles. The third kappa shape index (κ3) is 1.97. The average Bonchev–Trinajstić information content (AvgIpc) is 3.32. The van der Waals surface area contributed by atoms with E-state index in [-0.39, 0.29) is 0 Å². The Hall–Kier alpha value is -3.70. The summed E-state index contributed by atoms with van der Waals surface area (Å²) in [6, 6.07) is 18.6. The highest BCUT2D eigenvalue weighted by molar-refractivity contribution is 6.21. The number of aromatic amines is 1. The molecular weight excluding hydrogens is 334 g/mol. The number of benzene rings is 3. The number of amidine groups is 1. The van der Waals surface area contributed by atoms with Crippen LogP contribution in [0.3, 0.4) is 0 Å². The minimum atomic E-state index is 0.762. The van der Waals surface area contributed by atoms with Crippen molar-refractivity contribution in [1.82, 2.24) is 9.97 Å². The number of aliphatic imine (C=N–C) groups is 1. The molecular formula is C22H16N5+. The van der Waals surface area contributed by atoms with Crippen molar-refractivity contribution in [2.24, 2.45) is 4.99 Å². The standard InChI is InChI=1S/C22H15N5/c23-12-7-8-14-13-4-1-2-5-15(13)19-20(17(14)10-12)27-22(26-19)18-11-25-21-16(18)6-3-9-24-21/h1-11H,23H2,(H,24,25)(H,26,27)/p+1. The minimum absolute atomic E-state index is 0.762. The molecule has 1 aliphatic rings. The van der Waals surface area contributed by atoms with Crippen LogP contribution in [0.15, 0.2) is 72.0 Å². The van der Waals surface area contributed by atoms with Gasteiger partial charge in [-0.1, -0.05) is 30.3 Å². The summed E-state index contributed by atoms with van der Waals surface area (Å²) in [7, 11) is 0. The van der Waals surface area contributed by atoms with E-state index >= 15 is 0 Å². The maximum Gasteiger partial charge on any atom is 0.239 e. The molecule has 27 heavy (non-hydrogen) atoms. The first kappa shape index (κ1) is 14.5. The summed E-state index contributed by atoms with van der Waals surface area (Å²) in [6.07, 6.45) is 3.78. The predicted octanol–water partition coefficient (Wildman–Crippen LogP) is 3.74. The summed E-state index contributed by atoms with van der Waals surface area (Å²) in [5, 5.41) is 7.94. The van der Waals surface area contributed by atoms with Crippen molar-refractivity contribution in [3.05, 3.63) is 72.6 Å². The average molecular weight is 350 g/mol. The second-order valence-electron chi connectivity index (χ2n) is 6.86. The van der Waals surface area contributed by atoms with Gasteiger partial charge in [0.1, 0.15) is 11.3 Å². The molecule has 3 heterocycles. The number of nitrogens with zero attached hydrogens (tertiary/aromatic N) is 2. The third-order valence-corrected chi connectivity index (χ3v) is 5.30. The van der Waals surface area contributed by atoms with E-state index in [4.69, 9.17) is 10.7 Å². The van der Waals surface area contributed by atoms with Crippen LogP contribution in [0.5, 0.6) is 0 Å². The fraction of sp³-hybridized carbons (Fsp3) is 0. The summed E-state index contributed by atoms with van der Waals surface area (Å²) in [5.41, 5.74) is 10.9. The summed E-state index contributed by atoms with van der Waals surface area (Å²) < 4.78 is 0. The molecule has 0 aliphatic carbocycles. The van der Waals surface area contributed by atoms with Crippen molar-refractivity contribution in [1.29, 1.82) is 0 Å². The molecule has 2 aromatic heterocycles. The van der Waals surface area contributed by atoms with Crippen LogP contribution >= 0.6 is 0 Å². The first-order valence-corrected chi connectivity index (χ1v) is 8.89. The first-order chi connectivity index (χ1) is 13.3. The van der Waals surface area contributed by atoms with Crippen LogP contribution in [0, 0.1) is 0 Å². The van der Waals surface area contributed by atoms with Crippen molar-refractivity contribution < 1.29 is 5.32 Å². The number of fused-ring (bicyclic) bond motifs is 7. The molecule has 0 amide bonds. The number of nitrogen functional groups attached to an aromatic ring is 1.